The highest BCUT2D eigenvalue weighted by molar-refractivity contribution is 5.84. The molecule has 0 saturated carbocycles. The third-order valence-electron chi connectivity index (χ3n) is 2.21. The van der Waals surface area contributed by atoms with E-state index >= 15 is 0 Å². The van der Waals surface area contributed by atoms with Gasteiger partial charge >= 0.3 is 5.97 Å². The Balaban J connectivity index is 2.43. The van der Waals surface area contributed by atoms with E-state index in [1.54, 1.807) is 20.8 Å². The van der Waals surface area contributed by atoms with Crippen LogP contribution in [0.2, 0.25) is 0 Å². The number of nitrogens with zero attached hydrogens (tertiary/aromatic N) is 1. The molecule has 100 valence electrons. The van der Waals surface area contributed by atoms with E-state index in [1.165, 1.54) is 6.07 Å². The van der Waals surface area contributed by atoms with Crippen LogP contribution in [0.3, 0.4) is 0 Å². The molecular formula is C11H16N2O5. The van der Waals surface area contributed by atoms with E-state index in [0.717, 1.165) is 0 Å². The predicted octanol–water partition coefficient (Wildman–Crippen LogP) is 0.587. The van der Waals surface area contributed by atoms with E-state index in [1.807, 2.05) is 0 Å². The Kier molecular flexibility index (Phi) is 4.70. The second kappa shape index (κ2) is 6.04. The number of aliphatic carboxylic acids is 1. The van der Waals surface area contributed by atoms with Crippen molar-refractivity contribution < 1.29 is 24.0 Å². The Morgan fingerprint density at radius 3 is 2.67 bits per heavy atom. The maximum Gasteiger partial charge on any atom is 0.326 e. The van der Waals surface area contributed by atoms with Gasteiger partial charge in [-0.2, -0.15) is 0 Å². The van der Waals surface area contributed by atoms with Crippen molar-refractivity contribution in [3.05, 3.63) is 11.8 Å². The third kappa shape index (κ3) is 4.08. The average Bonchev–Trinajstić information content (AvgIpc) is 2.68. The molecule has 0 aromatic carbocycles. The molecule has 1 rings (SSSR count). The van der Waals surface area contributed by atoms with Gasteiger partial charge in [0.15, 0.2) is 6.61 Å². The number of carbonyl (C=O) groups excluding carboxylic acids is 1. The SMILES string of the molecule is Cc1cc(OCC(=O)N[C@H](C(=O)O)C(C)C)no1. The molecule has 18 heavy (non-hydrogen) atoms. The van der Waals surface area contributed by atoms with Gasteiger partial charge in [-0.1, -0.05) is 13.8 Å². The van der Waals surface area contributed by atoms with Crippen LogP contribution in [-0.2, 0) is 9.59 Å². The van der Waals surface area contributed by atoms with Gasteiger partial charge in [0.25, 0.3) is 11.8 Å². The lowest BCUT2D eigenvalue weighted by molar-refractivity contribution is -0.143. The zero-order chi connectivity index (χ0) is 13.7. The van der Waals surface area contributed by atoms with Gasteiger partial charge in [0.05, 0.1) is 0 Å². The number of carboxylic acid groups (broad SMARTS) is 1. The first-order valence-electron chi connectivity index (χ1n) is 5.48. The lowest BCUT2D eigenvalue weighted by atomic mass is 10.1. The number of rotatable bonds is 6. The van der Waals surface area contributed by atoms with Crippen molar-refractivity contribution in [3.8, 4) is 5.88 Å². The molecule has 1 aromatic heterocycles. The first kappa shape index (κ1) is 14.0. The highest BCUT2D eigenvalue weighted by Gasteiger charge is 2.23. The maximum atomic E-state index is 11.5. The van der Waals surface area contributed by atoms with Crippen molar-refractivity contribution in [1.29, 1.82) is 0 Å². The number of amides is 1. The standard InChI is InChI=1S/C11H16N2O5/c1-6(2)10(11(15)16)12-8(14)5-17-9-4-7(3)18-13-9/h4,6,10H,5H2,1-3H3,(H,12,14)(H,15,16)/t10-/m0/s1. The molecule has 0 unspecified atom stereocenters. The zero-order valence-electron chi connectivity index (χ0n) is 10.5. The summed E-state index contributed by atoms with van der Waals surface area (Å²) in [5.41, 5.74) is 0. The van der Waals surface area contributed by atoms with Gasteiger partial charge in [-0.25, -0.2) is 4.79 Å². The average molecular weight is 256 g/mol. The van der Waals surface area contributed by atoms with Crippen molar-refractivity contribution in [3.63, 3.8) is 0 Å². The predicted molar refractivity (Wildman–Crippen MR) is 61.1 cm³/mol. The van der Waals surface area contributed by atoms with Crippen LogP contribution < -0.4 is 10.1 Å². The summed E-state index contributed by atoms with van der Waals surface area (Å²) in [7, 11) is 0. The zero-order valence-corrected chi connectivity index (χ0v) is 10.5. The Hall–Kier alpha value is -2.05. The lowest BCUT2D eigenvalue weighted by Crippen LogP contribution is -2.46. The van der Waals surface area contributed by atoms with Crippen LogP contribution in [-0.4, -0.2) is 34.8 Å². The minimum atomic E-state index is -1.07. The summed E-state index contributed by atoms with van der Waals surface area (Å²) in [5.74, 6) is -1.04. The van der Waals surface area contributed by atoms with Crippen LogP contribution in [0, 0.1) is 12.8 Å². The smallest absolute Gasteiger partial charge is 0.326 e. The van der Waals surface area contributed by atoms with Gasteiger partial charge in [-0.3, -0.25) is 4.79 Å². The summed E-state index contributed by atoms with van der Waals surface area (Å²) >= 11 is 0. The van der Waals surface area contributed by atoms with Crippen LogP contribution in [0.5, 0.6) is 5.88 Å². The molecule has 1 atom stereocenters. The molecule has 0 bridgehead atoms. The van der Waals surface area contributed by atoms with E-state index in [4.69, 9.17) is 14.4 Å². The molecule has 0 aliphatic heterocycles. The first-order valence-corrected chi connectivity index (χ1v) is 5.48. The minimum Gasteiger partial charge on any atom is -0.480 e. The van der Waals surface area contributed by atoms with Gasteiger partial charge in [0.2, 0.25) is 0 Å². The van der Waals surface area contributed by atoms with E-state index in [9.17, 15) is 9.59 Å². The summed E-state index contributed by atoms with van der Waals surface area (Å²) in [6, 6.07) is 0.602. The van der Waals surface area contributed by atoms with E-state index < -0.39 is 17.9 Å². The maximum absolute atomic E-state index is 11.5. The molecule has 0 fully saturated rings. The molecule has 0 saturated heterocycles. The molecule has 0 aliphatic rings. The Bertz CT molecular complexity index is 427. The second-order valence-electron chi connectivity index (χ2n) is 4.19. The molecular weight excluding hydrogens is 240 g/mol. The van der Waals surface area contributed by atoms with Crippen molar-refractivity contribution in [2.75, 3.05) is 6.61 Å². The largest absolute Gasteiger partial charge is 0.480 e. The van der Waals surface area contributed by atoms with Crippen molar-refractivity contribution in [1.82, 2.24) is 10.5 Å². The number of ether oxygens (including phenoxy) is 1. The summed E-state index contributed by atoms with van der Waals surface area (Å²) in [6.45, 7) is 4.81. The number of aryl methyl sites for hydroxylation is 1. The quantitative estimate of drug-likeness (QED) is 0.772. The number of carboxylic acids is 1. The second-order valence-corrected chi connectivity index (χ2v) is 4.19. The summed E-state index contributed by atoms with van der Waals surface area (Å²) in [4.78, 5) is 22.4. The molecule has 7 nitrogen and oxygen atoms in total. The molecule has 7 heteroatoms. The monoisotopic (exact) mass is 256 g/mol. The lowest BCUT2D eigenvalue weighted by Gasteiger charge is -2.17. The topological polar surface area (TPSA) is 102 Å². The highest BCUT2D eigenvalue weighted by Crippen LogP contribution is 2.09. The Morgan fingerprint density at radius 1 is 1.56 bits per heavy atom. The number of hydrogen-bond donors (Lipinski definition) is 2. The molecule has 2 N–H and O–H groups in total. The van der Waals surface area contributed by atoms with Crippen LogP contribution >= 0.6 is 0 Å². The fourth-order valence-corrected chi connectivity index (χ4v) is 1.28. The third-order valence-corrected chi connectivity index (χ3v) is 2.21. The van der Waals surface area contributed by atoms with E-state index in [0.29, 0.717) is 5.76 Å². The fraction of sp³-hybridized carbons (Fsp3) is 0.545. The van der Waals surface area contributed by atoms with Crippen molar-refractivity contribution in [2.24, 2.45) is 5.92 Å². The van der Waals surface area contributed by atoms with E-state index in [2.05, 4.69) is 10.5 Å². The normalized spacial score (nSPS) is 12.2. The number of carbonyl (C=O) groups is 2. The Labute approximate surface area is 104 Å². The van der Waals surface area contributed by atoms with E-state index in [-0.39, 0.29) is 18.4 Å². The summed E-state index contributed by atoms with van der Waals surface area (Å²) in [6.07, 6.45) is 0. The highest BCUT2D eigenvalue weighted by atomic mass is 16.5. The molecule has 0 spiro atoms. The molecule has 1 amide bonds. The summed E-state index contributed by atoms with van der Waals surface area (Å²) in [5, 5.41) is 14.8. The number of aromatic nitrogens is 1. The fourth-order valence-electron chi connectivity index (χ4n) is 1.28. The number of hydrogen-bond acceptors (Lipinski definition) is 5. The van der Waals surface area contributed by atoms with Gasteiger partial charge in [0, 0.05) is 6.07 Å². The molecule has 0 radical (unpaired) electrons. The molecule has 1 aromatic rings. The van der Waals surface area contributed by atoms with Crippen LogP contribution in [0.1, 0.15) is 19.6 Å². The first-order chi connectivity index (χ1) is 8.40. The van der Waals surface area contributed by atoms with Gasteiger partial charge in [-0.05, 0) is 18.0 Å². The van der Waals surface area contributed by atoms with Crippen molar-refractivity contribution in [2.45, 2.75) is 26.8 Å². The Morgan fingerprint density at radius 2 is 2.22 bits per heavy atom. The van der Waals surface area contributed by atoms with Crippen LogP contribution in [0.4, 0.5) is 0 Å². The van der Waals surface area contributed by atoms with Gasteiger partial charge in [-0.15, -0.1) is 0 Å². The minimum absolute atomic E-state index is 0.194. The van der Waals surface area contributed by atoms with Crippen LogP contribution in [0.15, 0.2) is 10.6 Å². The van der Waals surface area contributed by atoms with Gasteiger partial charge in [0.1, 0.15) is 11.8 Å². The van der Waals surface area contributed by atoms with Crippen molar-refractivity contribution >= 4 is 11.9 Å². The summed E-state index contributed by atoms with van der Waals surface area (Å²) < 4.78 is 9.79. The van der Waals surface area contributed by atoms with Gasteiger partial charge < -0.3 is 19.7 Å². The molecule has 1 heterocycles. The van der Waals surface area contributed by atoms with Crippen LogP contribution in [0.25, 0.3) is 0 Å². The molecule has 0 aliphatic carbocycles. The number of nitrogens with one attached hydrogen (secondary N) is 1.